The van der Waals surface area contributed by atoms with Crippen LogP contribution in [0.2, 0.25) is 5.02 Å². The third kappa shape index (κ3) is 3.02. The van der Waals surface area contributed by atoms with Crippen LogP contribution in [0.5, 0.6) is 0 Å². The number of hydrogen-bond donors (Lipinski definition) is 2. The lowest BCUT2D eigenvalue weighted by Gasteiger charge is -2.15. The number of nitrogens with zero attached hydrogens (tertiary/aromatic N) is 1. The molecule has 1 amide bonds. The Balaban J connectivity index is 2.09. The highest BCUT2D eigenvalue weighted by molar-refractivity contribution is 6.33. The minimum atomic E-state index is -0.569. The number of nitrogens with two attached hydrogens (primary N) is 1. The Morgan fingerprint density at radius 3 is 2.74 bits per heavy atom. The van der Waals surface area contributed by atoms with Crippen LogP contribution in [-0.4, -0.2) is 16.9 Å². The van der Waals surface area contributed by atoms with E-state index in [1.165, 1.54) is 18.2 Å². The Labute approximate surface area is 115 Å². The lowest BCUT2D eigenvalue weighted by atomic mass is 10.0. The third-order valence-corrected chi connectivity index (χ3v) is 3.62. The number of nitro benzene ring substituents is 1. The van der Waals surface area contributed by atoms with Crippen molar-refractivity contribution in [2.45, 2.75) is 25.3 Å². The minimum absolute atomic E-state index is 0.00137. The summed E-state index contributed by atoms with van der Waals surface area (Å²) in [5, 5.41) is 13.3. The Kier molecular flexibility index (Phi) is 4.01. The van der Waals surface area contributed by atoms with E-state index < -0.39 is 4.92 Å². The van der Waals surface area contributed by atoms with Crippen LogP contribution >= 0.6 is 11.6 Å². The lowest BCUT2D eigenvalue weighted by Crippen LogP contribution is -2.34. The van der Waals surface area contributed by atoms with E-state index in [-0.39, 0.29) is 28.6 Å². The van der Waals surface area contributed by atoms with Crippen LogP contribution in [0.3, 0.4) is 0 Å². The van der Waals surface area contributed by atoms with Crippen molar-refractivity contribution in [3.8, 4) is 0 Å². The topological polar surface area (TPSA) is 98.3 Å². The maximum absolute atomic E-state index is 12.0. The standard InChI is InChI=1S/C12H14ClN3O3/c13-9-6-7(4-5-11(9)16(18)19)15-12(17)8-2-1-3-10(8)14/h4-6,8,10H,1-3,14H2,(H,15,17). The highest BCUT2D eigenvalue weighted by atomic mass is 35.5. The summed E-state index contributed by atoms with van der Waals surface area (Å²) in [5.74, 6) is -0.358. The largest absolute Gasteiger partial charge is 0.327 e. The van der Waals surface area contributed by atoms with Gasteiger partial charge in [0.05, 0.1) is 10.8 Å². The first kappa shape index (κ1) is 13.8. The molecule has 0 saturated heterocycles. The predicted octanol–water partition coefficient (Wildman–Crippen LogP) is 2.31. The third-order valence-electron chi connectivity index (χ3n) is 3.32. The molecule has 2 rings (SSSR count). The molecule has 0 aromatic heterocycles. The van der Waals surface area contributed by atoms with E-state index in [0.29, 0.717) is 5.69 Å². The number of benzene rings is 1. The zero-order valence-electron chi connectivity index (χ0n) is 10.1. The normalized spacial score (nSPS) is 22.2. The summed E-state index contributed by atoms with van der Waals surface area (Å²) in [6, 6.07) is 3.99. The van der Waals surface area contributed by atoms with Crippen LogP contribution in [0.4, 0.5) is 11.4 Å². The number of amides is 1. The van der Waals surface area contributed by atoms with Gasteiger partial charge in [0, 0.05) is 17.8 Å². The van der Waals surface area contributed by atoms with Crippen molar-refractivity contribution in [1.82, 2.24) is 0 Å². The first-order valence-electron chi connectivity index (χ1n) is 5.99. The van der Waals surface area contributed by atoms with E-state index in [4.69, 9.17) is 17.3 Å². The molecule has 1 aromatic carbocycles. The maximum Gasteiger partial charge on any atom is 0.288 e. The Morgan fingerprint density at radius 2 is 2.21 bits per heavy atom. The second kappa shape index (κ2) is 5.54. The van der Waals surface area contributed by atoms with E-state index in [1.54, 1.807) is 0 Å². The van der Waals surface area contributed by atoms with Gasteiger partial charge in [0.1, 0.15) is 5.02 Å². The summed E-state index contributed by atoms with van der Waals surface area (Å²) in [7, 11) is 0. The summed E-state index contributed by atoms with van der Waals surface area (Å²) in [5.41, 5.74) is 6.11. The van der Waals surface area contributed by atoms with Gasteiger partial charge in [0.15, 0.2) is 0 Å². The molecule has 6 nitrogen and oxygen atoms in total. The number of hydrogen-bond acceptors (Lipinski definition) is 4. The number of halogens is 1. The monoisotopic (exact) mass is 283 g/mol. The first-order chi connectivity index (χ1) is 8.99. The van der Waals surface area contributed by atoms with Crippen LogP contribution in [0.15, 0.2) is 18.2 Å². The van der Waals surface area contributed by atoms with Gasteiger partial charge in [-0.3, -0.25) is 14.9 Å². The maximum atomic E-state index is 12.0. The highest BCUT2D eigenvalue weighted by Crippen LogP contribution is 2.29. The number of carbonyl (C=O) groups is 1. The molecular formula is C12H14ClN3O3. The van der Waals surface area contributed by atoms with Gasteiger partial charge < -0.3 is 11.1 Å². The predicted molar refractivity (Wildman–Crippen MR) is 72.1 cm³/mol. The molecule has 1 aliphatic rings. The van der Waals surface area contributed by atoms with Crippen LogP contribution in [0, 0.1) is 16.0 Å². The minimum Gasteiger partial charge on any atom is -0.327 e. The molecule has 1 aromatic rings. The molecular weight excluding hydrogens is 270 g/mol. The average Bonchev–Trinajstić information content (AvgIpc) is 2.75. The van der Waals surface area contributed by atoms with Crippen molar-refractivity contribution in [2.75, 3.05) is 5.32 Å². The molecule has 2 unspecified atom stereocenters. The summed E-state index contributed by atoms with van der Waals surface area (Å²) in [4.78, 5) is 22.0. The van der Waals surface area contributed by atoms with Crippen LogP contribution in [0.25, 0.3) is 0 Å². The van der Waals surface area contributed by atoms with Crippen molar-refractivity contribution >= 4 is 28.9 Å². The number of nitrogens with one attached hydrogen (secondary N) is 1. The molecule has 102 valence electrons. The van der Waals surface area contributed by atoms with Gasteiger partial charge in [-0.15, -0.1) is 0 Å². The van der Waals surface area contributed by atoms with Gasteiger partial charge in [-0.05, 0) is 25.0 Å². The number of carbonyl (C=O) groups excluding carboxylic acids is 1. The molecule has 0 aliphatic heterocycles. The fraction of sp³-hybridized carbons (Fsp3) is 0.417. The molecule has 3 N–H and O–H groups in total. The summed E-state index contributed by atoms with van der Waals surface area (Å²) < 4.78 is 0. The lowest BCUT2D eigenvalue weighted by molar-refractivity contribution is -0.384. The Morgan fingerprint density at radius 1 is 1.47 bits per heavy atom. The summed E-state index contributed by atoms with van der Waals surface area (Å²) in [6.45, 7) is 0. The van der Waals surface area contributed by atoms with E-state index in [2.05, 4.69) is 5.32 Å². The highest BCUT2D eigenvalue weighted by Gasteiger charge is 2.30. The second-order valence-corrected chi connectivity index (χ2v) is 5.02. The smallest absolute Gasteiger partial charge is 0.288 e. The van der Waals surface area contributed by atoms with Gasteiger partial charge in [0.25, 0.3) is 5.69 Å². The van der Waals surface area contributed by atoms with Crippen LogP contribution < -0.4 is 11.1 Å². The molecule has 1 fully saturated rings. The quantitative estimate of drug-likeness (QED) is 0.657. The van der Waals surface area contributed by atoms with Gasteiger partial charge in [-0.1, -0.05) is 18.0 Å². The van der Waals surface area contributed by atoms with Crippen molar-refractivity contribution in [1.29, 1.82) is 0 Å². The molecule has 1 aliphatic carbocycles. The zero-order chi connectivity index (χ0) is 14.0. The summed E-state index contributed by atoms with van der Waals surface area (Å²) in [6.07, 6.45) is 2.56. The van der Waals surface area contributed by atoms with Gasteiger partial charge >= 0.3 is 0 Å². The molecule has 0 spiro atoms. The second-order valence-electron chi connectivity index (χ2n) is 4.61. The SMILES string of the molecule is NC1CCCC1C(=O)Nc1ccc([N+](=O)[O-])c(Cl)c1. The Hall–Kier alpha value is -1.66. The average molecular weight is 284 g/mol. The Bertz CT molecular complexity index is 521. The van der Waals surface area contributed by atoms with Crippen LogP contribution in [-0.2, 0) is 4.79 Å². The van der Waals surface area contributed by atoms with Crippen LogP contribution in [0.1, 0.15) is 19.3 Å². The van der Waals surface area contributed by atoms with E-state index in [1.807, 2.05) is 0 Å². The fourth-order valence-electron chi connectivity index (χ4n) is 2.28. The molecule has 0 radical (unpaired) electrons. The van der Waals surface area contributed by atoms with Gasteiger partial charge in [0.2, 0.25) is 5.91 Å². The fourth-order valence-corrected chi connectivity index (χ4v) is 2.53. The zero-order valence-corrected chi connectivity index (χ0v) is 10.9. The van der Waals surface area contributed by atoms with Gasteiger partial charge in [-0.2, -0.15) is 0 Å². The molecule has 19 heavy (non-hydrogen) atoms. The number of anilines is 1. The van der Waals surface area contributed by atoms with Gasteiger partial charge in [-0.25, -0.2) is 0 Å². The van der Waals surface area contributed by atoms with E-state index in [9.17, 15) is 14.9 Å². The van der Waals surface area contributed by atoms with Crippen molar-refractivity contribution < 1.29 is 9.72 Å². The van der Waals surface area contributed by atoms with Crippen molar-refractivity contribution in [3.05, 3.63) is 33.3 Å². The summed E-state index contributed by atoms with van der Waals surface area (Å²) >= 11 is 5.78. The van der Waals surface area contributed by atoms with Crippen molar-refractivity contribution in [2.24, 2.45) is 11.7 Å². The molecule has 7 heteroatoms. The number of rotatable bonds is 3. The molecule has 0 bridgehead atoms. The number of nitro groups is 1. The van der Waals surface area contributed by atoms with E-state index in [0.717, 1.165) is 19.3 Å². The molecule has 2 atom stereocenters. The van der Waals surface area contributed by atoms with Crippen molar-refractivity contribution in [3.63, 3.8) is 0 Å². The molecule has 0 heterocycles. The molecule has 1 saturated carbocycles. The van der Waals surface area contributed by atoms with E-state index >= 15 is 0 Å². The first-order valence-corrected chi connectivity index (χ1v) is 6.37.